The quantitative estimate of drug-likeness (QED) is 0.462. The minimum atomic E-state index is -0.586. The van der Waals surface area contributed by atoms with E-state index in [1.165, 1.54) is 10.9 Å². The summed E-state index contributed by atoms with van der Waals surface area (Å²) in [5, 5.41) is 8.07. The van der Waals surface area contributed by atoms with E-state index in [2.05, 4.69) is 10.4 Å². The maximum Gasteiger partial charge on any atom is 0.343 e. The summed E-state index contributed by atoms with van der Waals surface area (Å²) < 4.78 is 12.0. The summed E-state index contributed by atoms with van der Waals surface area (Å²) in [5.41, 5.74) is 2.17. The van der Waals surface area contributed by atoms with Gasteiger partial charge in [-0.1, -0.05) is 30.3 Å². The fourth-order valence-electron chi connectivity index (χ4n) is 3.42. The number of amides is 1. The molecule has 8 heteroatoms. The molecule has 0 fully saturated rings. The van der Waals surface area contributed by atoms with Crippen molar-refractivity contribution in [3.05, 3.63) is 77.5 Å². The Labute approximate surface area is 184 Å². The van der Waals surface area contributed by atoms with Gasteiger partial charge in [-0.05, 0) is 43.7 Å². The number of esters is 1. The molecule has 2 aromatic carbocycles. The molecule has 8 nitrogen and oxygen atoms in total. The van der Waals surface area contributed by atoms with Gasteiger partial charge in [0.05, 0.1) is 19.9 Å². The number of carbonyl (C=O) groups excluding carboxylic acids is 2. The number of methoxy groups -OCH3 is 1. The lowest BCUT2D eigenvalue weighted by Gasteiger charge is -2.13. The van der Waals surface area contributed by atoms with Gasteiger partial charge in [0, 0.05) is 10.9 Å². The number of benzene rings is 2. The Morgan fingerprint density at radius 3 is 2.59 bits per heavy atom. The molecule has 4 rings (SSSR count). The van der Waals surface area contributed by atoms with Crippen LogP contribution in [0.25, 0.3) is 16.7 Å². The topological polar surface area (TPSA) is 95.3 Å². The molecule has 0 bridgehead atoms. The molecule has 0 saturated carbocycles. The summed E-state index contributed by atoms with van der Waals surface area (Å²) in [6.45, 7) is 3.86. The van der Waals surface area contributed by atoms with Crippen molar-refractivity contribution in [2.45, 2.75) is 13.8 Å². The van der Waals surface area contributed by atoms with E-state index in [1.54, 1.807) is 38.3 Å². The monoisotopic (exact) mass is 430 g/mol. The number of nitrogens with zero attached hydrogens (tertiary/aromatic N) is 3. The fraction of sp³-hybridized carbons (Fsp3) is 0.167. The molecule has 0 unspecified atom stereocenters. The van der Waals surface area contributed by atoms with E-state index in [-0.39, 0.29) is 23.9 Å². The molecule has 32 heavy (non-hydrogen) atoms. The first-order valence-corrected chi connectivity index (χ1v) is 10.1. The number of nitrogens with one attached hydrogen (secondary N) is 1. The van der Waals surface area contributed by atoms with Gasteiger partial charge in [0.25, 0.3) is 5.91 Å². The van der Waals surface area contributed by atoms with Crippen molar-refractivity contribution in [2.75, 3.05) is 19.0 Å². The Morgan fingerprint density at radius 1 is 1.09 bits per heavy atom. The smallest absolute Gasteiger partial charge is 0.343 e. The van der Waals surface area contributed by atoms with Crippen LogP contribution >= 0.6 is 0 Å². The lowest BCUT2D eigenvalue weighted by atomic mass is 10.1. The first-order valence-electron chi connectivity index (χ1n) is 10.1. The van der Waals surface area contributed by atoms with E-state index < -0.39 is 5.97 Å². The van der Waals surface area contributed by atoms with E-state index in [4.69, 9.17) is 14.5 Å². The molecule has 0 aliphatic heterocycles. The number of carbonyl (C=O) groups is 2. The number of ether oxygens (including phenoxy) is 2. The summed E-state index contributed by atoms with van der Waals surface area (Å²) in [6.07, 6.45) is 1.36. The Hall–Kier alpha value is -4.20. The van der Waals surface area contributed by atoms with Gasteiger partial charge in [-0.3, -0.25) is 4.79 Å². The average molecular weight is 430 g/mol. The number of aromatic nitrogens is 3. The van der Waals surface area contributed by atoms with Gasteiger partial charge in [-0.25, -0.2) is 9.78 Å². The van der Waals surface area contributed by atoms with Crippen LogP contribution in [0.3, 0.4) is 0 Å². The highest BCUT2D eigenvalue weighted by molar-refractivity contribution is 6.07. The van der Waals surface area contributed by atoms with Crippen molar-refractivity contribution in [1.29, 1.82) is 0 Å². The standard InChI is InChI=1S/C24H22N4O4/c1-4-32-24(30)18-14-25-28(22(18)27-23(29)16-9-6-5-7-10-16)20-13-15(2)17-11-8-12-19(31-3)21(17)26-20/h5-14H,4H2,1-3H3,(H,27,29). The highest BCUT2D eigenvalue weighted by Gasteiger charge is 2.23. The van der Waals surface area contributed by atoms with Crippen molar-refractivity contribution < 1.29 is 19.1 Å². The number of rotatable bonds is 6. The van der Waals surface area contributed by atoms with Crippen molar-refractivity contribution >= 4 is 28.6 Å². The first-order chi connectivity index (χ1) is 15.5. The average Bonchev–Trinajstić information content (AvgIpc) is 3.23. The molecule has 2 heterocycles. The minimum Gasteiger partial charge on any atom is -0.494 e. The number of aryl methyl sites for hydroxylation is 1. The third kappa shape index (κ3) is 3.90. The van der Waals surface area contributed by atoms with Crippen LogP contribution in [-0.2, 0) is 4.74 Å². The fourth-order valence-corrected chi connectivity index (χ4v) is 3.42. The molecule has 0 atom stereocenters. The van der Waals surface area contributed by atoms with E-state index in [0.29, 0.717) is 22.6 Å². The highest BCUT2D eigenvalue weighted by atomic mass is 16.5. The van der Waals surface area contributed by atoms with Crippen LogP contribution in [0.4, 0.5) is 5.82 Å². The molecule has 1 N–H and O–H groups in total. The third-order valence-electron chi connectivity index (χ3n) is 4.97. The minimum absolute atomic E-state index is 0.135. The maximum absolute atomic E-state index is 12.9. The number of pyridine rings is 1. The Kier molecular flexibility index (Phi) is 5.85. The van der Waals surface area contributed by atoms with Gasteiger partial charge in [0.2, 0.25) is 0 Å². The van der Waals surface area contributed by atoms with Crippen LogP contribution in [0.2, 0.25) is 0 Å². The van der Waals surface area contributed by atoms with E-state index >= 15 is 0 Å². The molecule has 0 aliphatic carbocycles. The van der Waals surface area contributed by atoms with Crippen LogP contribution < -0.4 is 10.1 Å². The molecule has 1 amide bonds. The third-order valence-corrected chi connectivity index (χ3v) is 4.97. The van der Waals surface area contributed by atoms with Gasteiger partial charge in [0.15, 0.2) is 11.6 Å². The normalized spacial score (nSPS) is 10.7. The second-order valence-electron chi connectivity index (χ2n) is 7.01. The van der Waals surface area contributed by atoms with Crippen LogP contribution in [0.5, 0.6) is 5.75 Å². The SMILES string of the molecule is CCOC(=O)c1cnn(-c2cc(C)c3cccc(OC)c3n2)c1NC(=O)c1ccccc1. The van der Waals surface area contributed by atoms with Gasteiger partial charge in [-0.2, -0.15) is 9.78 Å². The highest BCUT2D eigenvalue weighted by Crippen LogP contribution is 2.29. The predicted molar refractivity (Wildman–Crippen MR) is 121 cm³/mol. The van der Waals surface area contributed by atoms with E-state index in [9.17, 15) is 9.59 Å². The summed E-state index contributed by atoms with van der Waals surface area (Å²) in [4.78, 5) is 30.1. The van der Waals surface area contributed by atoms with Gasteiger partial charge >= 0.3 is 5.97 Å². The molecule has 162 valence electrons. The van der Waals surface area contributed by atoms with Crippen molar-refractivity contribution in [1.82, 2.24) is 14.8 Å². The molecule has 2 aromatic heterocycles. The second-order valence-corrected chi connectivity index (χ2v) is 7.01. The molecular formula is C24H22N4O4. The number of anilines is 1. The second kappa shape index (κ2) is 8.89. The lowest BCUT2D eigenvalue weighted by Crippen LogP contribution is -2.18. The van der Waals surface area contributed by atoms with Crippen LogP contribution in [0.1, 0.15) is 33.2 Å². The lowest BCUT2D eigenvalue weighted by molar-refractivity contribution is 0.0527. The Balaban J connectivity index is 1.86. The van der Waals surface area contributed by atoms with Crippen LogP contribution in [-0.4, -0.2) is 40.4 Å². The summed E-state index contributed by atoms with van der Waals surface area (Å²) in [7, 11) is 1.58. The zero-order chi connectivity index (χ0) is 22.7. The number of hydrogen-bond donors (Lipinski definition) is 1. The van der Waals surface area contributed by atoms with Gasteiger partial charge in [0.1, 0.15) is 16.8 Å². The number of fused-ring (bicyclic) bond motifs is 1. The largest absolute Gasteiger partial charge is 0.494 e. The Morgan fingerprint density at radius 2 is 1.88 bits per heavy atom. The van der Waals surface area contributed by atoms with E-state index in [0.717, 1.165) is 10.9 Å². The molecule has 0 saturated heterocycles. The van der Waals surface area contributed by atoms with Gasteiger partial charge < -0.3 is 14.8 Å². The van der Waals surface area contributed by atoms with Gasteiger partial charge in [-0.15, -0.1) is 0 Å². The summed E-state index contributed by atoms with van der Waals surface area (Å²) in [5.74, 6) is 0.252. The van der Waals surface area contributed by atoms with E-state index in [1.807, 2.05) is 37.3 Å². The molecular weight excluding hydrogens is 408 g/mol. The maximum atomic E-state index is 12.9. The van der Waals surface area contributed by atoms with Crippen LogP contribution in [0, 0.1) is 6.92 Å². The van der Waals surface area contributed by atoms with Crippen molar-refractivity contribution in [3.63, 3.8) is 0 Å². The molecule has 0 aliphatic rings. The molecule has 0 radical (unpaired) electrons. The molecule has 0 spiro atoms. The Bertz CT molecular complexity index is 1300. The molecule has 4 aromatic rings. The van der Waals surface area contributed by atoms with Crippen molar-refractivity contribution in [2.24, 2.45) is 0 Å². The number of para-hydroxylation sites is 1. The zero-order valence-electron chi connectivity index (χ0n) is 18.0. The summed E-state index contributed by atoms with van der Waals surface area (Å²) >= 11 is 0. The first kappa shape index (κ1) is 21.0. The zero-order valence-corrected chi connectivity index (χ0v) is 18.0. The predicted octanol–water partition coefficient (Wildman–Crippen LogP) is 4.17. The van der Waals surface area contributed by atoms with Crippen LogP contribution in [0.15, 0.2) is 60.8 Å². The summed E-state index contributed by atoms with van der Waals surface area (Å²) in [6, 6.07) is 16.2. The van der Waals surface area contributed by atoms with Crippen molar-refractivity contribution in [3.8, 4) is 11.6 Å². The number of hydrogen-bond acceptors (Lipinski definition) is 6.